The summed E-state index contributed by atoms with van der Waals surface area (Å²) in [7, 11) is 2.11. The second kappa shape index (κ2) is 5.72. The molecule has 0 aromatic carbocycles. The van der Waals surface area contributed by atoms with Gasteiger partial charge in [0.15, 0.2) is 0 Å². The molecule has 4 heterocycles. The van der Waals surface area contributed by atoms with E-state index < -0.39 is 0 Å². The average Bonchev–Trinajstić information content (AvgIpc) is 3.19. The van der Waals surface area contributed by atoms with E-state index in [9.17, 15) is 0 Å². The highest BCUT2D eigenvalue weighted by molar-refractivity contribution is 5.35. The lowest BCUT2D eigenvalue weighted by molar-refractivity contribution is 0.238. The fraction of sp³-hybridized carbons (Fsp3) is 0.529. The molecule has 116 valence electrons. The van der Waals surface area contributed by atoms with Crippen LogP contribution in [0, 0.1) is 0 Å². The van der Waals surface area contributed by atoms with Crippen LogP contribution in [0.1, 0.15) is 29.8 Å². The van der Waals surface area contributed by atoms with Gasteiger partial charge in [-0.2, -0.15) is 0 Å². The summed E-state index contributed by atoms with van der Waals surface area (Å²) >= 11 is 0. The van der Waals surface area contributed by atoms with Crippen molar-refractivity contribution in [2.24, 2.45) is 7.05 Å². The van der Waals surface area contributed by atoms with Crippen LogP contribution in [-0.2, 0) is 26.6 Å². The first-order valence-electron chi connectivity index (χ1n) is 8.22. The quantitative estimate of drug-likeness (QED) is 0.868. The maximum Gasteiger partial charge on any atom is 0.225 e. The molecule has 0 spiro atoms. The van der Waals surface area contributed by atoms with Crippen LogP contribution in [0.2, 0.25) is 0 Å². The van der Waals surface area contributed by atoms with Gasteiger partial charge < -0.3 is 9.47 Å². The summed E-state index contributed by atoms with van der Waals surface area (Å²) in [6.45, 7) is 5.25. The van der Waals surface area contributed by atoms with Crippen LogP contribution in [0.15, 0.2) is 24.5 Å². The fourth-order valence-electron chi connectivity index (χ4n) is 3.46. The van der Waals surface area contributed by atoms with Crippen molar-refractivity contribution in [3.05, 3.63) is 41.5 Å². The highest BCUT2D eigenvalue weighted by atomic mass is 15.3. The monoisotopic (exact) mass is 297 g/mol. The van der Waals surface area contributed by atoms with Gasteiger partial charge in [0.05, 0.1) is 5.69 Å². The van der Waals surface area contributed by atoms with Crippen LogP contribution in [0.4, 0.5) is 5.95 Å². The Balaban J connectivity index is 1.48. The predicted octanol–water partition coefficient (Wildman–Crippen LogP) is 1.97. The number of fused-ring (bicyclic) bond motifs is 1. The van der Waals surface area contributed by atoms with Gasteiger partial charge in [-0.1, -0.05) is 0 Å². The van der Waals surface area contributed by atoms with E-state index in [4.69, 9.17) is 4.98 Å². The molecule has 0 amide bonds. The minimum Gasteiger partial charge on any atom is -0.353 e. The Kier molecular flexibility index (Phi) is 3.58. The lowest BCUT2D eigenvalue weighted by atomic mass is 10.1. The van der Waals surface area contributed by atoms with Gasteiger partial charge in [-0.05, 0) is 25.0 Å². The summed E-state index contributed by atoms with van der Waals surface area (Å²) in [5.41, 5.74) is 3.90. The van der Waals surface area contributed by atoms with Crippen molar-refractivity contribution in [1.29, 1.82) is 0 Å². The molecule has 2 aliphatic rings. The van der Waals surface area contributed by atoms with E-state index in [1.807, 2.05) is 6.20 Å². The third-order valence-corrected chi connectivity index (χ3v) is 4.83. The van der Waals surface area contributed by atoms with Crippen molar-refractivity contribution >= 4 is 5.95 Å². The van der Waals surface area contributed by atoms with E-state index in [1.54, 1.807) is 0 Å². The zero-order valence-electron chi connectivity index (χ0n) is 13.2. The predicted molar refractivity (Wildman–Crippen MR) is 86.7 cm³/mol. The molecule has 5 heteroatoms. The topological polar surface area (TPSA) is 37.2 Å². The zero-order chi connectivity index (χ0) is 14.9. The average molecular weight is 297 g/mol. The number of hydrogen-bond donors (Lipinski definition) is 0. The molecule has 0 radical (unpaired) electrons. The Morgan fingerprint density at radius 2 is 2.05 bits per heavy atom. The number of hydrogen-bond acceptors (Lipinski definition) is 4. The van der Waals surface area contributed by atoms with E-state index in [0.29, 0.717) is 0 Å². The van der Waals surface area contributed by atoms with Crippen molar-refractivity contribution in [2.45, 2.75) is 32.4 Å². The molecular weight excluding hydrogens is 274 g/mol. The SMILES string of the molecule is Cn1cccc1CN1CCc2nc(N3CCCC3)ncc2C1. The minimum absolute atomic E-state index is 0.937. The molecule has 0 N–H and O–H groups in total. The van der Waals surface area contributed by atoms with Crippen LogP contribution in [0.25, 0.3) is 0 Å². The Hall–Kier alpha value is -1.88. The van der Waals surface area contributed by atoms with Gasteiger partial charge in [0.25, 0.3) is 0 Å². The molecule has 0 unspecified atom stereocenters. The lowest BCUT2D eigenvalue weighted by Crippen LogP contribution is -2.32. The van der Waals surface area contributed by atoms with Gasteiger partial charge >= 0.3 is 0 Å². The van der Waals surface area contributed by atoms with E-state index in [0.717, 1.165) is 45.1 Å². The molecule has 1 saturated heterocycles. The van der Waals surface area contributed by atoms with Crippen LogP contribution in [0.5, 0.6) is 0 Å². The Bertz CT molecular complexity index is 657. The molecule has 22 heavy (non-hydrogen) atoms. The molecule has 1 fully saturated rings. The largest absolute Gasteiger partial charge is 0.353 e. The van der Waals surface area contributed by atoms with E-state index in [1.165, 1.54) is 29.8 Å². The first-order chi connectivity index (χ1) is 10.8. The number of anilines is 1. The molecule has 5 nitrogen and oxygen atoms in total. The molecule has 0 atom stereocenters. The fourth-order valence-corrected chi connectivity index (χ4v) is 3.46. The van der Waals surface area contributed by atoms with E-state index >= 15 is 0 Å². The van der Waals surface area contributed by atoms with Gasteiger partial charge in [0, 0.05) is 69.8 Å². The lowest BCUT2D eigenvalue weighted by Gasteiger charge is -2.28. The van der Waals surface area contributed by atoms with Crippen molar-refractivity contribution in [1.82, 2.24) is 19.4 Å². The summed E-state index contributed by atoms with van der Waals surface area (Å²) in [5, 5.41) is 0. The third kappa shape index (κ3) is 2.61. The van der Waals surface area contributed by atoms with Crippen LogP contribution < -0.4 is 4.90 Å². The molecule has 2 aromatic heterocycles. The van der Waals surface area contributed by atoms with Gasteiger partial charge in [-0.3, -0.25) is 4.90 Å². The third-order valence-electron chi connectivity index (χ3n) is 4.83. The highest BCUT2D eigenvalue weighted by Crippen LogP contribution is 2.22. The molecule has 2 aromatic rings. The Morgan fingerprint density at radius 1 is 1.18 bits per heavy atom. The first-order valence-corrected chi connectivity index (χ1v) is 8.22. The van der Waals surface area contributed by atoms with Crippen molar-refractivity contribution < 1.29 is 0 Å². The van der Waals surface area contributed by atoms with Crippen LogP contribution in [0.3, 0.4) is 0 Å². The summed E-state index contributed by atoms with van der Waals surface area (Å²) < 4.78 is 2.20. The van der Waals surface area contributed by atoms with E-state index in [2.05, 4.69) is 44.7 Å². The highest BCUT2D eigenvalue weighted by Gasteiger charge is 2.21. The molecule has 0 saturated carbocycles. The molecule has 2 aliphatic heterocycles. The standard InChI is InChI=1S/C17H23N5/c1-20-7-4-5-15(20)13-21-10-6-16-14(12-21)11-18-17(19-16)22-8-2-3-9-22/h4-5,7,11H,2-3,6,8-10,12-13H2,1H3. The van der Waals surface area contributed by atoms with Crippen molar-refractivity contribution in [3.8, 4) is 0 Å². The van der Waals surface area contributed by atoms with Gasteiger partial charge in [-0.15, -0.1) is 0 Å². The first kappa shape index (κ1) is 13.8. The number of aromatic nitrogens is 3. The van der Waals surface area contributed by atoms with Crippen molar-refractivity contribution in [3.63, 3.8) is 0 Å². The number of nitrogens with zero attached hydrogens (tertiary/aromatic N) is 5. The van der Waals surface area contributed by atoms with Crippen LogP contribution in [-0.4, -0.2) is 39.1 Å². The second-order valence-corrected chi connectivity index (χ2v) is 6.41. The van der Waals surface area contributed by atoms with Gasteiger partial charge in [0.2, 0.25) is 5.95 Å². The summed E-state index contributed by atoms with van der Waals surface area (Å²) in [6, 6.07) is 4.31. The smallest absolute Gasteiger partial charge is 0.225 e. The van der Waals surface area contributed by atoms with Crippen LogP contribution >= 0.6 is 0 Å². The minimum atomic E-state index is 0.937. The van der Waals surface area contributed by atoms with Gasteiger partial charge in [0.1, 0.15) is 0 Å². The zero-order valence-corrected chi connectivity index (χ0v) is 13.2. The van der Waals surface area contributed by atoms with Gasteiger partial charge in [-0.25, -0.2) is 9.97 Å². The summed E-state index contributed by atoms with van der Waals surface area (Å²) in [4.78, 5) is 14.2. The van der Waals surface area contributed by atoms with E-state index in [-0.39, 0.29) is 0 Å². The molecule has 0 bridgehead atoms. The maximum atomic E-state index is 4.83. The molecule has 0 aliphatic carbocycles. The Morgan fingerprint density at radius 3 is 2.82 bits per heavy atom. The molecular formula is C17H23N5. The Labute approximate surface area is 131 Å². The summed E-state index contributed by atoms with van der Waals surface area (Å²) in [5.74, 6) is 0.937. The maximum absolute atomic E-state index is 4.83. The van der Waals surface area contributed by atoms with Crippen molar-refractivity contribution in [2.75, 3.05) is 24.5 Å². The normalized spacial score (nSPS) is 18.7. The second-order valence-electron chi connectivity index (χ2n) is 6.41. The number of aryl methyl sites for hydroxylation is 1. The number of rotatable bonds is 3. The summed E-state index contributed by atoms with van der Waals surface area (Å²) in [6.07, 6.45) is 7.73. The molecule has 4 rings (SSSR count).